The zero-order valence-corrected chi connectivity index (χ0v) is 10.6. The van der Waals surface area contributed by atoms with E-state index in [0.717, 1.165) is 24.4 Å². The molecule has 1 aliphatic heterocycles. The molecule has 0 unspecified atom stereocenters. The molecular formula is C14H21NO. The molecule has 0 saturated heterocycles. The molecule has 1 aromatic rings. The van der Waals surface area contributed by atoms with Gasteiger partial charge in [-0.25, -0.2) is 0 Å². The van der Waals surface area contributed by atoms with Gasteiger partial charge in [0.15, 0.2) is 0 Å². The van der Waals surface area contributed by atoms with Gasteiger partial charge in [0.25, 0.3) is 0 Å². The zero-order chi connectivity index (χ0) is 11.8. The predicted octanol–water partition coefficient (Wildman–Crippen LogP) is 3.78. The number of fused-ring (bicyclic) bond motifs is 1. The molecule has 0 aromatic heterocycles. The Morgan fingerprint density at radius 2 is 2.06 bits per heavy atom. The summed E-state index contributed by atoms with van der Waals surface area (Å²) in [7, 11) is 0. The fourth-order valence-electron chi connectivity index (χ4n) is 1.98. The van der Waals surface area contributed by atoms with Crippen LogP contribution in [0.4, 0.5) is 5.69 Å². The highest BCUT2D eigenvalue weighted by Gasteiger charge is 2.24. The Balaban J connectivity index is 2.34. The van der Waals surface area contributed by atoms with Crippen LogP contribution < -0.4 is 10.1 Å². The average molecular weight is 219 g/mol. The lowest BCUT2D eigenvalue weighted by Gasteiger charge is -2.24. The Morgan fingerprint density at radius 3 is 2.75 bits per heavy atom. The van der Waals surface area contributed by atoms with Gasteiger partial charge < -0.3 is 10.1 Å². The molecule has 0 radical (unpaired) electrons. The first-order valence-electron chi connectivity index (χ1n) is 6.05. The minimum atomic E-state index is -0.0718. The molecule has 1 heterocycles. The van der Waals surface area contributed by atoms with Crippen molar-refractivity contribution < 1.29 is 4.74 Å². The Morgan fingerprint density at radius 1 is 1.31 bits per heavy atom. The Kier molecular flexibility index (Phi) is 2.83. The van der Waals surface area contributed by atoms with E-state index in [9.17, 15) is 0 Å². The molecule has 0 spiro atoms. The summed E-state index contributed by atoms with van der Waals surface area (Å²) in [5.41, 5.74) is 2.42. The standard InChI is InChI=1S/C14H21NO/c1-10(2)11-5-6-13-12(9-11)15-8-7-14(3,4)16-13/h5-6,9-10,15H,7-8H2,1-4H3. The van der Waals surface area contributed by atoms with Crippen molar-refractivity contribution in [1.82, 2.24) is 0 Å². The van der Waals surface area contributed by atoms with Crippen molar-refractivity contribution in [2.45, 2.75) is 45.6 Å². The summed E-state index contributed by atoms with van der Waals surface area (Å²) in [5.74, 6) is 1.54. The number of benzene rings is 1. The Labute approximate surface area is 98.0 Å². The van der Waals surface area contributed by atoms with Crippen molar-refractivity contribution in [2.24, 2.45) is 0 Å². The number of nitrogens with one attached hydrogen (secondary N) is 1. The quantitative estimate of drug-likeness (QED) is 0.776. The van der Waals surface area contributed by atoms with E-state index in [4.69, 9.17) is 4.74 Å². The minimum absolute atomic E-state index is 0.0718. The molecule has 0 bridgehead atoms. The number of hydrogen-bond acceptors (Lipinski definition) is 2. The molecule has 0 amide bonds. The van der Waals surface area contributed by atoms with E-state index in [0.29, 0.717) is 5.92 Å². The van der Waals surface area contributed by atoms with E-state index in [1.54, 1.807) is 0 Å². The van der Waals surface area contributed by atoms with Crippen molar-refractivity contribution in [3.05, 3.63) is 23.8 Å². The third-order valence-electron chi connectivity index (χ3n) is 3.10. The van der Waals surface area contributed by atoms with Gasteiger partial charge in [-0.15, -0.1) is 0 Å². The van der Waals surface area contributed by atoms with Gasteiger partial charge in [0.2, 0.25) is 0 Å². The molecule has 88 valence electrons. The lowest BCUT2D eigenvalue weighted by molar-refractivity contribution is 0.108. The van der Waals surface area contributed by atoms with E-state index in [2.05, 4.69) is 51.2 Å². The summed E-state index contributed by atoms with van der Waals surface area (Å²) in [6, 6.07) is 6.46. The molecule has 0 saturated carbocycles. The highest BCUT2D eigenvalue weighted by molar-refractivity contribution is 5.59. The van der Waals surface area contributed by atoms with Gasteiger partial charge in [-0.05, 0) is 37.5 Å². The average Bonchev–Trinajstić information content (AvgIpc) is 2.33. The molecule has 2 nitrogen and oxygen atoms in total. The predicted molar refractivity (Wildman–Crippen MR) is 68.3 cm³/mol. The summed E-state index contributed by atoms with van der Waals surface area (Å²) in [5, 5.41) is 3.45. The van der Waals surface area contributed by atoms with Gasteiger partial charge in [0.1, 0.15) is 11.4 Å². The van der Waals surface area contributed by atoms with Crippen LogP contribution in [-0.2, 0) is 0 Å². The van der Waals surface area contributed by atoms with Crippen molar-refractivity contribution >= 4 is 5.69 Å². The van der Waals surface area contributed by atoms with E-state index in [-0.39, 0.29) is 5.60 Å². The second-order valence-electron chi connectivity index (χ2n) is 5.45. The summed E-state index contributed by atoms with van der Waals surface area (Å²) in [4.78, 5) is 0. The number of hydrogen-bond donors (Lipinski definition) is 1. The van der Waals surface area contributed by atoms with Gasteiger partial charge in [-0.1, -0.05) is 19.9 Å². The highest BCUT2D eigenvalue weighted by atomic mass is 16.5. The zero-order valence-electron chi connectivity index (χ0n) is 10.6. The maximum atomic E-state index is 6.02. The maximum Gasteiger partial charge on any atom is 0.143 e. The molecule has 2 heteroatoms. The molecule has 0 fully saturated rings. The molecule has 0 aliphatic carbocycles. The van der Waals surface area contributed by atoms with E-state index in [1.807, 2.05) is 0 Å². The highest BCUT2D eigenvalue weighted by Crippen LogP contribution is 2.34. The lowest BCUT2D eigenvalue weighted by Crippen LogP contribution is -2.28. The van der Waals surface area contributed by atoms with Gasteiger partial charge in [0.05, 0.1) is 5.69 Å². The normalized spacial score (nSPS) is 18.3. The third-order valence-corrected chi connectivity index (χ3v) is 3.10. The fraction of sp³-hybridized carbons (Fsp3) is 0.571. The van der Waals surface area contributed by atoms with Crippen LogP contribution in [0.1, 0.15) is 45.6 Å². The first-order valence-corrected chi connectivity index (χ1v) is 6.05. The lowest BCUT2D eigenvalue weighted by atomic mass is 10.0. The minimum Gasteiger partial charge on any atom is -0.486 e. The molecule has 16 heavy (non-hydrogen) atoms. The van der Waals surface area contributed by atoms with Crippen LogP contribution in [0.15, 0.2) is 18.2 Å². The van der Waals surface area contributed by atoms with Crippen LogP contribution >= 0.6 is 0 Å². The summed E-state index contributed by atoms with van der Waals surface area (Å²) in [6.45, 7) is 9.67. The smallest absolute Gasteiger partial charge is 0.143 e. The monoisotopic (exact) mass is 219 g/mol. The van der Waals surface area contributed by atoms with E-state index >= 15 is 0 Å². The molecular weight excluding hydrogens is 198 g/mol. The van der Waals surface area contributed by atoms with Gasteiger partial charge in [-0.2, -0.15) is 0 Å². The second-order valence-corrected chi connectivity index (χ2v) is 5.45. The molecule has 2 rings (SSSR count). The number of ether oxygens (including phenoxy) is 1. The summed E-state index contributed by atoms with van der Waals surface area (Å²) < 4.78 is 6.02. The van der Waals surface area contributed by atoms with Gasteiger partial charge in [-0.3, -0.25) is 0 Å². The van der Waals surface area contributed by atoms with Crippen LogP contribution in [0.5, 0.6) is 5.75 Å². The van der Waals surface area contributed by atoms with Gasteiger partial charge >= 0.3 is 0 Å². The van der Waals surface area contributed by atoms with Crippen LogP contribution in [0.2, 0.25) is 0 Å². The number of anilines is 1. The fourth-order valence-corrected chi connectivity index (χ4v) is 1.98. The molecule has 0 atom stereocenters. The van der Waals surface area contributed by atoms with Gasteiger partial charge in [0, 0.05) is 13.0 Å². The second kappa shape index (κ2) is 4.00. The maximum absolute atomic E-state index is 6.02. The third kappa shape index (κ3) is 2.31. The van der Waals surface area contributed by atoms with Crippen LogP contribution in [0.3, 0.4) is 0 Å². The Hall–Kier alpha value is -1.18. The first-order chi connectivity index (χ1) is 7.48. The van der Waals surface area contributed by atoms with Crippen LogP contribution in [-0.4, -0.2) is 12.1 Å². The largest absolute Gasteiger partial charge is 0.486 e. The van der Waals surface area contributed by atoms with Crippen molar-refractivity contribution in [3.8, 4) is 5.75 Å². The van der Waals surface area contributed by atoms with Crippen LogP contribution in [0, 0.1) is 0 Å². The van der Waals surface area contributed by atoms with Crippen molar-refractivity contribution in [1.29, 1.82) is 0 Å². The van der Waals surface area contributed by atoms with Crippen molar-refractivity contribution in [2.75, 3.05) is 11.9 Å². The Bertz CT molecular complexity index is 382. The van der Waals surface area contributed by atoms with E-state index in [1.165, 1.54) is 5.56 Å². The summed E-state index contributed by atoms with van der Waals surface area (Å²) >= 11 is 0. The SMILES string of the molecule is CC(C)c1ccc2c(c1)NCCC(C)(C)O2. The number of rotatable bonds is 1. The van der Waals surface area contributed by atoms with Crippen LogP contribution in [0.25, 0.3) is 0 Å². The molecule has 1 N–H and O–H groups in total. The van der Waals surface area contributed by atoms with E-state index < -0.39 is 0 Å². The molecule has 1 aromatic carbocycles. The summed E-state index contributed by atoms with van der Waals surface area (Å²) in [6.07, 6.45) is 1.03. The molecule has 1 aliphatic rings. The first kappa shape index (κ1) is 11.3. The van der Waals surface area contributed by atoms with Crippen molar-refractivity contribution in [3.63, 3.8) is 0 Å². The topological polar surface area (TPSA) is 21.3 Å².